The zero-order valence-corrected chi connectivity index (χ0v) is 9.83. The van der Waals surface area contributed by atoms with Crippen molar-refractivity contribution in [1.82, 2.24) is 9.78 Å². The van der Waals surface area contributed by atoms with Crippen molar-refractivity contribution in [1.29, 1.82) is 0 Å². The summed E-state index contributed by atoms with van der Waals surface area (Å²) in [4.78, 5) is 11.0. The molecule has 0 amide bonds. The van der Waals surface area contributed by atoms with Crippen LogP contribution in [0.15, 0.2) is 6.07 Å². The molecule has 1 heterocycles. The van der Waals surface area contributed by atoms with Gasteiger partial charge < -0.3 is 4.74 Å². The minimum Gasteiger partial charge on any atom is -0.469 e. The Morgan fingerprint density at radius 3 is 2.72 bits per heavy atom. The Bertz CT molecular complexity index is 450. The Hall–Kier alpha value is -1.53. The number of methoxy groups -OCH3 is 1. The van der Waals surface area contributed by atoms with Crippen molar-refractivity contribution in [3.63, 3.8) is 0 Å². The van der Waals surface area contributed by atoms with E-state index in [1.807, 2.05) is 0 Å². The molecule has 0 aromatic carbocycles. The first kappa shape index (κ1) is 12.9. The van der Waals surface area contributed by atoms with Crippen molar-refractivity contribution in [2.24, 2.45) is 0 Å². The van der Waals surface area contributed by atoms with Crippen LogP contribution in [0.1, 0.15) is 36.6 Å². The highest BCUT2D eigenvalue weighted by Gasteiger charge is 2.37. The summed E-state index contributed by atoms with van der Waals surface area (Å²) in [6.45, 7) is 0.120. The second-order valence-corrected chi connectivity index (χ2v) is 4.28. The summed E-state index contributed by atoms with van der Waals surface area (Å²) in [5, 5.41) is 3.53. The molecule has 0 saturated heterocycles. The molecular weight excluding hydrogens is 249 g/mol. The summed E-state index contributed by atoms with van der Waals surface area (Å²) in [6.07, 6.45) is -2.67. The van der Waals surface area contributed by atoms with E-state index in [-0.39, 0.29) is 18.9 Å². The molecule has 0 bridgehead atoms. The number of hydrogen-bond acceptors (Lipinski definition) is 3. The summed E-state index contributed by atoms with van der Waals surface area (Å²) in [7, 11) is 1.24. The Kier molecular flexibility index (Phi) is 3.32. The highest BCUT2D eigenvalue weighted by atomic mass is 19.4. The van der Waals surface area contributed by atoms with E-state index >= 15 is 0 Å². The maximum atomic E-state index is 12.6. The first-order chi connectivity index (χ1) is 8.41. The van der Waals surface area contributed by atoms with Crippen molar-refractivity contribution < 1.29 is 22.7 Å². The van der Waals surface area contributed by atoms with E-state index < -0.39 is 17.8 Å². The lowest BCUT2D eigenvalue weighted by atomic mass is 10.2. The normalized spacial score (nSPS) is 15.8. The van der Waals surface area contributed by atoms with E-state index in [1.54, 1.807) is 0 Å². The number of aryl methyl sites for hydroxylation is 1. The lowest BCUT2D eigenvalue weighted by Crippen LogP contribution is -2.12. The number of nitrogens with zero attached hydrogens (tertiary/aromatic N) is 2. The molecule has 1 saturated carbocycles. The van der Waals surface area contributed by atoms with Crippen molar-refractivity contribution in [2.45, 2.75) is 37.9 Å². The van der Waals surface area contributed by atoms with Crippen LogP contribution < -0.4 is 0 Å². The Balaban J connectivity index is 2.16. The summed E-state index contributed by atoms with van der Waals surface area (Å²) in [6, 6.07) is 1.08. The molecule has 0 radical (unpaired) electrons. The van der Waals surface area contributed by atoms with Crippen LogP contribution in [-0.2, 0) is 22.3 Å². The van der Waals surface area contributed by atoms with Crippen molar-refractivity contribution in [3.05, 3.63) is 17.5 Å². The Morgan fingerprint density at radius 2 is 2.22 bits per heavy atom. The number of halogens is 3. The average Bonchev–Trinajstić information content (AvgIpc) is 3.04. The minimum absolute atomic E-state index is 0.0230. The van der Waals surface area contributed by atoms with E-state index in [4.69, 9.17) is 0 Å². The molecule has 1 aromatic rings. The van der Waals surface area contributed by atoms with E-state index in [2.05, 4.69) is 9.84 Å². The Labute approximate surface area is 102 Å². The molecule has 7 heteroatoms. The van der Waals surface area contributed by atoms with Gasteiger partial charge in [-0.15, -0.1) is 0 Å². The molecule has 1 aliphatic rings. The first-order valence-corrected chi connectivity index (χ1v) is 5.63. The standard InChI is InChI=1S/C11H13F3N2O2/c1-18-10(17)4-5-16-8(7-2-3-7)6-9(15-16)11(12,13)14/h6-7H,2-5H2,1H3. The zero-order valence-electron chi connectivity index (χ0n) is 9.83. The van der Waals surface area contributed by atoms with Crippen molar-refractivity contribution >= 4 is 5.97 Å². The molecule has 1 aromatic heterocycles. The van der Waals surface area contributed by atoms with Crippen LogP contribution in [0.5, 0.6) is 0 Å². The zero-order chi connectivity index (χ0) is 13.3. The van der Waals surface area contributed by atoms with Gasteiger partial charge in [0.25, 0.3) is 0 Å². The number of alkyl halides is 3. The molecule has 0 aliphatic heterocycles. The summed E-state index contributed by atoms with van der Waals surface area (Å²) in [5.41, 5.74) is -0.333. The summed E-state index contributed by atoms with van der Waals surface area (Å²) < 4.78 is 43.4. The van der Waals surface area contributed by atoms with Crippen LogP contribution in [0, 0.1) is 0 Å². The second kappa shape index (κ2) is 4.62. The number of carbonyl (C=O) groups is 1. The van der Waals surface area contributed by atoms with E-state index in [0.29, 0.717) is 5.69 Å². The molecule has 2 rings (SSSR count). The molecule has 1 fully saturated rings. The topological polar surface area (TPSA) is 44.1 Å². The summed E-state index contributed by atoms with van der Waals surface area (Å²) in [5.74, 6) is -0.313. The third-order valence-corrected chi connectivity index (χ3v) is 2.85. The Morgan fingerprint density at radius 1 is 1.56 bits per heavy atom. The van der Waals surface area contributed by atoms with Gasteiger partial charge in [-0.2, -0.15) is 18.3 Å². The smallest absolute Gasteiger partial charge is 0.435 e. The number of hydrogen-bond donors (Lipinski definition) is 0. The molecule has 1 aliphatic carbocycles. The highest BCUT2D eigenvalue weighted by molar-refractivity contribution is 5.68. The van der Waals surface area contributed by atoms with Gasteiger partial charge in [0.15, 0.2) is 5.69 Å². The fraction of sp³-hybridized carbons (Fsp3) is 0.636. The first-order valence-electron chi connectivity index (χ1n) is 5.63. The second-order valence-electron chi connectivity index (χ2n) is 4.28. The minimum atomic E-state index is -4.44. The van der Waals surface area contributed by atoms with Crippen LogP contribution in [0.3, 0.4) is 0 Å². The van der Waals surface area contributed by atoms with Gasteiger partial charge in [-0.05, 0) is 18.9 Å². The van der Waals surface area contributed by atoms with Crippen LogP contribution in [-0.4, -0.2) is 22.9 Å². The lowest BCUT2D eigenvalue weighted by Gasteiger charge is -2.05. The molecular formula is C11H13F3N2O2. The number of aromatic nitrogens is 2. The molecule has 18 heavy (non-hydrogen) atoms. The molecule has 0 spiro atoms. The van der Waals surface area contributed by atoms with Crippen molar-refractivity contribution in [2.75, 3.05) is 7.11 Å². The third-order valence-electron chi connectivity index (χ3n) is 2.85. The number of rotatable bonds is 4. The van der Waals surface area contributed by atoms with E-state index in [1.165, 1.54) is 11.8 Å². The number of carbonyl (C=O) groups excluding carboxylic acids is 1. The number of ether oxygens (including phenoxy) is 1. The van der Waals surface area contributed by atoms with Crippen LogP contribution >= 0.6 is 0 Å². The van der Waals surface area contributed by atoms with Gasteiger partial charge in [-0.25, -0.2) is 0 Å². The fourth-order valence-electron chi connectivity index (χ4n) is 1.76. The largest absolute Gasteiger partial charge is 0.469 e. The van der Waals surface area contributed by atoms with Gasteiger partial charge >= 0.3 is 12.1 Å². The molecule has 0 N–H and O–H groups in total. The van der Waals surface area contributed by atoms with Crippen molar-refractivity contribution in [3.8, 4) is 0 Å². The van der Waals surface area contributed by atoms with Crippen LogP contribution in [0.25, 0.3) is 0 Å². The van der Waals surface area contributed by atoms with Gasteiger partial charge in [0.1, 0.15) is 0 Å². The van der Waals surface area contributed by atoms with Gasteiger partial charge in [0.2, 0.25) is 0 Å². The molecule has 0 atom stereocenters. The average molecular weight is 262 g/mol. The van der Waals surface area contributed by atoms with Gasteiger partial charge in [0.05, 0.1) is 20.1 Å². The predicted octanol–water partition coefficient (Wildman–Crippen LogP) is 2.34. The van der Waals surface area contributed by atoms with Gasteiger partial charge in [0, 0.05) is 11.6 Å². The maximum Gasteiger partial charge on any atom is 0.435 e. The van der Waals surface area contributed by atoms with Crippen LogP contribution in [0.4, 0.5) is 13.2 Å². The highest BCUT2D eigenvalue weighted by Crippen LogP contribution is 2.42. The van der Waals surface area contributed by atoms with E-state index in [9.17, 15) is 18.0 Å². The molecule has 4 nitrogen and oxygen atoms in total. The molecule has 100 valence electrons. The maximum absolute atomic E-state index is 12.6. The third kappa shape index (κ3) is 2.83. The van der Waals surface area contributed by atoms with Gasteiger partial charge in [-0.3, -0.25) is 9.48 Å². The SMILES string of the molecule is COC(=O)CCn1nc(C(F)(F)F)cc1C1CC1. The summed E-state index contributed by atoms with van der Waals surface area (Å²) >= 11 is 0. The van der Waals surface area contributed by atoms with E-state index in [0.717, 1.165) is 18.9 Å². The monoisotopic (exact) mass is 262 g/mol. The lowest BCUT2D eigenvalue weighted by molar-refractivity contribution is -0.141. The fourth-order valence-corrected chi connectivity index (χ4v) is 1.76. The molecule has 0 unspecified atom stereocenters. The van der Waals surface area contributed by atoms with Crippen LogP contribution in [0.2, 0.25) is 0 Å². The number of esters is 1. The quantitative estimate of drug-likeness (QED) is 0.782. The predicted molar refractivity (Wildman–Crippen MR) is 55.8 cm³/mol. The van der Waals surface area contributed by atoms with Gasteiger partial charge in [-0.1, -0.05) is 0 Å².